The minimum atomic E-state index is -3.75. The lowest BCUT2D eigenvalue weighted by Crippen LogP contribution is -2.35. The average Bonchev–Trinajstić information content (AvgIpc) is 2.30. The van der Waals surface area contributed by atoms with E-state index in [1.807, 2.05) is 13.8 Å². The number of carbonyl (C=O) groups excluding carboxylic acids is 1. The second kappa shape index (κ2) is 6.00. The molecule has 1 aromatic carbocycles. The van der Waals surface area contributed by atoms with Crippen LogP contribution in [0.2, 0.25) is 0 Å². The van der Waals surface area contributed by atoms with Crippen LogP contribution in [0.1, 0.15) is 32.3 Å². The number of hydrogen-bond acceptors (Lipinski definition) is 3. The number of benzene rings is 1. The Hall–Kier alpha value is -1.36. The third-order valence-electron chi connectivity index (χ3n) is 2.97. The van der Waals surface area contributed by atoms with Crippen molar-refractivity contribution in [3.05, 3.63) is 29.8 Å². The summed E-state index contributed by atoms with van der Waals surface area (Å²) in [6, 6.07) is 6.61. The fourth-order valence-corrected chi connectivity index (χ4v) is 3.08. The molecule has 4 nitrogen and oxygen atoms in total. The molecule has 5 heteroatoms. The Kier molecular flexibility index (Phi) is 4.90. The molecule has 0 heterocycles. The molecular weight excluding hydrogens is 250 g/mol. The lowest BCUT2D eigenvalue weighted by atomic mass is 10.0. The number of amides is 1. The molecule has 0 unspecified atom stereocenters. The van der Waals surface area contributed by atoms with Gasteiger partial charge in [0.25, 0.3) is 10.0 Å². The van der Waals surface area contributed by atoms with E-state index in [4.69, 9.17) is 0 Å². The maximum atomic E-state index is 12.1. The lowest BCUT2D eigenvalue weighted by molar-refractivity contribution is -0.123. The van der Waals surface area contributed by atoms with Gasteiger partial charge in [0, 0.05) is 5.92 Å². The van der Waals surface area contributed by atoms with E-state index in [-0.39, 0.29) is 10.8 Å². The molecule has 18 heavy (non-hydrogen) atoms. The molecule has 0 aliphatic carbocycles. The number of sulfonamides is 1. The van der Waals surface area contributed by atoms with Gasteiger partial charge in [0.1, 0.15) is 0 Å². The predicted molar refractivity (Wildman–Crippen MR) is 70.6 cm³/mol. The average molecular weight is 269 g/mol. The first-order chi connectivity index (χ1) is 8.42. The second-order valence-electron chi connectivity index (χ2n) is 4.25. The van der Waals surface area contributed by atoms with Gasteiger partial charge in [-0.25, -0.2) is 13.1 Å². The van der Waals surface area contributed by atoms with Crippen LogP contribution in [0.15, 0.2) is 29.2 Å². The van der Waals surface area contributed by atoms with Crippen molar-refractivity contribution in [2.75, 3.05) is 0 Å². The summed E-state index contributed by atoms with van der Waals surface area (Å²) in [5, 5.41) is 0. The first kappa shape index (κ1) is 14.7. The molecule has 0 saturated heterocycles. The van der Waals surface area contributed by atoms with E-state index >= 15 is 0 Å². The summed E-state index contributed by atoms with van der Waals surface area (Å²) in [6.45, 7) is 5.44. The highest BCUT2D eigenvalue weighted by Crippen LogP contribution is 2.15. The molecule has 0 atom stereocenters. The van der Waals surface area contributed by atoms with Gasteiger partial charge in [-0.3, -0.25) is 4.79 Å². The molecule has 1 N–H and O–H groups in total. The normalized spacial score (nSPS) is 11.6. The van der Waals surface area contributed by atoms with Crippen molar-refractivity contribution in [1.29, 1.82) is 0 Å². The molecule has 0 bridgehead atoms. The smallest absolute Gasteiger partial charge is 0.264 e. The molecular formula is C13H19NO3S. The number of hydrogen-bond donors (Lipinski definition) is 1. The first-order valence-corrected chi connectivity index (χ1v) is 7.53. The Morgan fingerprint density at radius 3 is 2.28 bits per heavy atom. The van der Waals surface area contributed by atoms with Gasteiger partial charge in [0.2, 0.25) is 5.91 Å². The van der Waals surface area contributed by atoms with Crippen LogP contribution >= 0.6 is 0 Å². The molecule has 0 aliphatic rings. The summed E-state index contributed by atoms with van der Waals surface area (Å²) in [4.78, 5) is 12.0. The van der Waals surface area contributed by atoms with E-state index in [0.717, 1.165) is 0 Å². The minimum absolute atomic E-state index is 0.157. The molecule has 0 aromatic heterocycles. The van der Waals surface area contributed by atoms with Crippen molar-refractivity contribution < 1.29 is 13.2 Å². The fraction of sp³-hybridized carbons (Fsp3) is 0.462. The van der Waals surface area contributed by atoms with Gasteiger partial charge in [0.05, 0.1) is 4.90 Å². The highest BCUT2D eigenvalue weighted by atomic mass is 32.2. The molecule has 1 amide bonds. The Bertz CT molecular complexity index is 519. The van der Waals surface area contributed by atoms with Crippen molar-refractivity contribution in [3.63, 3.8) is 0 Å². The Labute approximate surface area is 108 Å². The van der Waals surface area contributed by atoms with E-state index in [1.165, 1.54) is 6.07 Å². The van der Waals surface area contributed by atoms with E-state index in [1.54, 1.807) is 25.1 Å². The van der Waals surface area contributed by atoms with E-state index in [0.29, 0.717) is 18.4 Å². The summed E-state index contributed by atoms with van der Waals surface area (Å²) in [7, 11) is -3.75. The van der Waals surface area contributed by atoms with Crippen LogP contribution < -0.4 is 4.72 Å². The molecule has 0 saturated carbocycles. The van der Waals surface area contributed by atoms with Crippen LogP contribution in [-0.2, 0) is 14.8 Å². The van der Waals surface area contributed by atoms with Crippen LogP contribution in [0.5, 0.6) is 0 Å². The van der Waals surface area contributed by atoms with Crippen molar-refractivity contribution in [2.45, 2.75) is 38.5 Å². The molecule has 1 rings (SSSR count). The van der Waals surface area contributed by atoms with Crippen LogP contribution in [-0.4, -0.2) is 14.3 Å². The van der Waals surface area contributed by atoms with Crippen LogP contribution in [0.3, 0.4) is 0 Å². The highest BCUT2D eigenvalue weighted by molar-refractivity contribution is 7.90. The summed E-state index contributed by atoms with van der Waals surface area (Å²) in [6.07, 6.45) is 1.26. The van der Waals surface area contributed by atoms with Crippen LogP contribution in [0.4, 0.5) is 0 Å². The number of carbonyl (C=O) groups is 1. The van der Waals surface area contributed by atoms with Gasteiger partial charge in [-0.05, 0) is 31.4 Å². The third kappa shape index (κ3) is 3.32. The van der Waals surface area contributed by atoms with Gasteiger partial charge >= 0.3 is 0 Å². The topological polar surface area (TPSA) is 63.2 Å². The summed E-state index contributed by atoms with van der Waals surface area (Å²) in [5.74, 6) is -0.688. The van der Waals surface area contributed by atoms with Gasteiger partial charge in [-0.15, -0.1) is 0 Å². The van der Waals surface area contributed by atoms with Crippen molar-refractivity contribution >= 4 is 15.9 Å². The van der Waals surface area contributed by atoms with Crippen molar-refractivity contribution in [2.24, 2.45) is 5.92 Å². The monoisotopic (exact) mass is 269 g/mol. The SMILES string of the molecule is CCC(CC)C(=O)NS(=O)(=O)c1ccccc1C. The Morgan fingerprint density at radius 2 is 1.78 bits per heavy atom. The Balaban J connectivity index is 2.97. The molecule has 0 spiro atoms. The van der Waals surface area contributed by atoms with Crippen molar-refractivity contribution in [3.8, 4) is 0 Å². The van der Waals surface area contributed by atoms with E-state index in [2.05, 4.69) is 4.72 Å². The zero-order valence-electron chi connectivity index (χ0n) is 10.9. The van der Waals surface area contributed by atoms with Gasteiger partial charge < -0.3 is 0 Å². The molecule has 1 aromatic rings. The van der Waals surface area contributed by atoms with E-state index < -0.39 is 15.9 Å². The fourth-order valence-electron chi connectivity index (χ4n) is 1.79. The summed E-state index contributed by atoms with van der Waals surface area (Å²) < 4.78 is 26.3. The van der Waals surface area contributed by atoms with Gasteiger partial charge in [-0.2, -0.15) is 0 Å². The molecule has 100 valence electrons. The summed E-state index contributed by atoms with van der Waals surface area (Å²) in [5.41, 5.74) is 0.627. The van der Waals surface area contributed by atoms with Crippen molar-refractivity contribution in [1.82, 2.24) is 4.72 Å². The maximum Gasteiger partial charge on any atom is 0.264 e. The lowest BCUT2D eigenvalue weighted by Gasteiger charge is -2.14. The number of rotatable bonds is 5. The standard InChI is InChI=1S/C13H19NO3S/c1-4-11(5-2)13(15)14-18(16,17)12-9-7-6-8-10(12)3/h6-9,11H,4-5H2,1-3H3,(H,14,15). The number of aryl methyl sites for hydroxylation is 1. The first-order valence-electron chi connectivity index (χ1n) is 6.04. The zero-order valence-corrected chi connectivity index (χ0v) is 11.8. The second-order valence-corrected chi connectivity index (χ2v) is 5.90. The minimum Gasteiger partial charge on any atom is -0.274 e. The van der Waals surface area contributed by atoms with E-state index in [9.17, 15) is 13.2 Å². The van der Waals surface area contributed by atoms with Crippen LogP contribution in [0.25, 0.3) is 0 Å². The van der Waals surface area contributed by atoms with Gasteiger partial charge in [0.15, 0.2) is 0 Å². The predicted octanol–water partition coefficient (Wildman–Crippen LogP) is 2.24. The molecule has 0 aliphatic heterocycles. The summed E-state index contributed by atoms with van der Waals surface area (Å²) >= 11 is 0. The molecule has 0 fully saturated rings. The van der Waals surface area contributed by atoms with Crippen LogP contribution in [0, 0.1) is 12.8 Å². The Morgan fingerprint density at radius 1 is 1.22 bits per heavy atom. The largest absolute Gasteiger partial charge is 0.274 e. The highest BCUT2D eigenvalue weighted by Gasteiger charge is 2.23. The zero-order chi connectivity index (χ0) is 13.8. The maximum absolute atomic E-state index is 12.1. The number of nitrogens with one attached hydrogen (secondary N) is 1. The molecule has 0 radical (unpaired) electrons. The quantitative estimate of drug-likeness (QED) is 0.891. The van der Waals surface area contributed by atoms with Gasteiger partial charge in [-0.1, -0.05) is 32.0 Å². The third-order valence-corrected chi connectivity index (χ3v) is 4.48.